The number of benzene rings is 1. The van der Waals surface area contributed by atoms with Crippen LogP contribution in [0.5, 0.6) is 0 Å². The maximum absolute atomic E-state index is 6.46. The van der Waals surface area contributed by atoms with Crippen molar-refractivity contribution in [2.45, 2.75) is 58.0 Å². The highest BCUT2D eigenvalue weighted by molar-refractivity contribution is 6.69. The molecule has 0 fully saturated rings. The van der Waals surface area contributed by atoms with Gasteiger partial charge in [-0.25, -0.2) is 4.57 Å². The smallest absolute Gasteiger partial charge is 0.278 e. The molecule has 4 nitrogen and oxygen atoms in total. The van der Waals surface area contributed by atoms with Gasteiger partial charge < -0.3 is 4.43 Å². The third-order valence-electron chi connectivity index (χ3n) is 4.12. The summed E-state index contributed by atoms with van der Waals surface area (Å²) in [5.74, 6) is 1.15. The summed E-state index contributed by atoms with van der Waals surface area (Å²) in [4.78, 5) is 0. The molecule has 2 heterocycles. The maximum atomic E-state index is 6.46. The summed E-state index contributed by atoms with van der Waals surface area (Å²) < 4.78 is 10.8. The molecular weight excluding hydrogens is 290 g/mol. The second-order valence-corrected chi connectivity index (χ2v) is 12.0. The molecular formula is C17H26N3OSi+. The quantitative estimate of drug-likeness (QED) is 0.640. The number of para-hydroxylation sites is 1. The molecule has 0 unspecified atom stereocenters. The molecule has 22 heavy (non-hydrogen) atoms. The van der Waals surface area contributed by atoms with Crippen molar-refractivity contribution in [3.63, 3.8) is 0 Å². The van der Waals surface area contributed by atoms with Gasteiger partial charge in [-0.05, 0) is 52.0 Å². The first-order valence-electron chi connectivity index (χ1n) is 8.01. The van der Waals surface area contributed by atoms with Crippen LogP contribution in [-0.2, 0) is 10.8 Å². The number of nitrogens with zero attached hydrogens (tertiary/aromatic N) is 3. The number of aromatic nitrogens is 3. The highest BCUT2D eigenvalue weighted by Gasteiger charge is 2.44. The second kappa shape index (κ2) is 5.32. The Morgan fingerprint density at radius 2 is 1.91 bits per heavy atom. The van der Waals surface area contributed by atoms with Gasteiger partial charge in [-0.15, -0.1) is 0 Å². The van der Waals surface area contributed by atoms with Crippen LogP contribution < -0.4 is 4.57 Å². The highest BCUT2D eigenvalue weighted by Crippen LogP contribution is 2.32. The molecule has 2 aromatic rings. The largest absolute Gasteiger partial charge is 0.409 e. The molecule has 0 spiro atoms. The van der Waals surface area contributed by atoms with Gasteiger partial charge in [-0.2, -0.15) is 0 Å². The number of fused-ring (bicyclic) bond motifs is 1. The molecule has 0 radical (unpaired) electrons. The van der Waals surface area contributed by atoms with E-state index in [1.807, 2.05) is 22.9 Å². The van der Waals surface area contributed by atoms with E-state index in [-0.39, 0.29) is 5.60 Å². The first kappa shape index (κ1) is 15.4. The molecule has 1 aliphatic rings. The van der Waals surface area contributed by atoms with E-state index in [2.05, 4.69) is 56.5 Å². The van der Waals surface area contributed by atoms with Crippen molar-refractivity contribution >= 4 is 8.32 Å². The molecule has 1 aromatic carbocycles. The molecule has 5 heteroatoms. The fourth-order valence-electron chi connectivity index (χ4n) is 3.48. The van der Waals surface area contributed by atoms with Gasteiger partial charge >= 0.3 is 0 Å². The van der Waals surface area contributed by atoms with Gasteiger partial charge in [0.2, 0.25) is 6.33 Å². The van der Waals surface area contributed by atoms with E-state index in [1.165, 1.54) is 0 Å². The lowest BCUT2D eigenvalue weighted by Crippen LogP contribution is -2.52. The van der Waals surface area contributed by atoms with Gasteiger partial charge in [0, 0.05) is 11.5 Å². The number of hydrogen-bond donors (Lipinski definition) is 0. The van der Waals surface area contributed by atoms with Crippen molar-refractivity contribution in [2.75, 3.05) is 0 Å². The van der Waals surface area contributed by atoms with Crippen molar-refractivity contribution in [1.82, 2.24) is 9.78 Å². The molecule has 0 saturated heterocycles. The fourth-order valence-corrected chi connectivity index (χ4v) is 5.19. The average Bonchev–Trinajstić information content (AvgIpc) is 2.96. The Bertz CT molecular complexity index is 658. The zero-order valence-corrected chi connectivity index (χ0v) is 15.2. The first-order valence-corrected chi connectivity index (χ1v) is 11.4. The summed E-state index contributed by atoms with van der Waals surface area (Å²) in [5, 5.41) is 4.76. The summed E-state index contributed by atoms with van der Waals surface area (Å²) in [5.41, 5.74) is 0.942. The molecule has 118 valence electrons. The van der Waals surface area contributed by atoms with Crippen LogP contribution >= 0.6 is 0 Å². The van der Waals surface area contributed by atoms with E-state index in [9.17, 15) is 0 Å². The van der Waals surface area contributed by atoms with Gasteiger partial charge in [-0.3, -0.25) is 0 Å². The highest BCUT2D eigenvalue weighted by atomic mass is 28.4. The lowest BCUT2D eigenvalue weighted by molar-refractivity contribution is -0.729. The van der Waals surface area contributed by atoms with Crippen molar-refractivity contribution < 1.29 is 8.99 Å². The molecule has 0 bridgehead atoms. The average molecular weight is 317 g/mol. The standard InChI is InChI=1S/C17H26N3OSi/c1-17(2,21-22(3,4)5)15-11-12-16-18-20(13-19(15)16)14-9-7-6-8-10-14/h6-10,13,15H,11-12H2,1-5H3/q+1/t15-/m0/s1. The molecule has 0 saturated carbocycles. The number of aryl methyl sites for hydroxylation is 1. The molecule has 0 amide bonds. The van der Waals surface area contributed by atoms with E-state index in [0.717, 1.165) is 24.4 Å². The lowest BCUT2D eigenvalue weighted by atomic mass is 9.97. The van der Waals surface area contributed by atoms with Crippen molar-refractivity contribution in [3.05, 3.63) is 42.5 Å². The van der Waals surface area contributed by atoms with Crippen LogP contribution in [0, 0.1) is 0 Å². The predicted molar refractivity (Wildman–Crippen MR) is 89.6 cm³/mol. The van der Waals surface area contributed by atoms with Crippen LogP contribution in [0.15, 0.2) is 36.7 Å². The zero-order valence-electron chi connectivity index (χ0n) is 14.2. The molecule has 0 aliphatic carbocycles. The van der Waals surface area contributed by atoms with E-state index in [4.69, 9.17) is 9.52 Å². The minimum absolute atomic E-state index is 0.162. The Balaban J connectivity index is 1.90. The van der Waals surface area contributed by atoms with E-state index in [0.29, 0.717) is 6.04 Å². The van der Waals surface area contributed by atoms with Crippen molar-refractivity contribution in [1.29, 1.82) is 0 Å². The van der Waals surface area contributed by atoms with Crippen LogP contribution in [-0.4, -0.2) is 23.7 Å². The number of hydrogen-bond acceptors (Lipinski definition) is 2. The van der Waals surface area contributed by atoms with Crippen LogP contribution in [0.3, 0.4) is 0 Å². The normalized spacial score (nSPS) is 18.5. The van der Waals surface area contributed by atoms with E-state index in [1.54, 1.807) is 0 Å². The van der Waals surface area contributed by atoms with Gasteiger partial charge in [0.1, 0.15) is 11.7 Å². The topological polar surface area (TPSA) is 30.9 Å². The number of rotatable bonds is 4. The van der Waals surface area contributed by atoms with Crippen LogP contribution in [0.1, 0.15) is 32.1 Å². The zero-order chi connectivity index (χ0) is 16.0. The van der Waals surface area contributed by atoms with Crippen LogP contribution in [0.4, 0.5) is 0 Å². The molecule has 3 rings (SSSR count). The van der Waals surface area contributed by atoms with Crippen molar-refractivity contribution in [3.8, 4) is 5.69 Å². The summed E-state index contributed by atoms with van der Waals surface area (Å²) >= 11 is 0. The second-order valence-electron chi connectivity index (χ2n) is 7.59. The fraction of sp³-hybridized carbons (Fsp3) is 0.529. The molecule has 1 aromatic heterocycles. The summed E-state index contributed by atoms with van der Waals surface area (Å²) in [7, 11) is -1.58. The maximum Gasteiger partial charge on any atom is 0.278 e. The molecule has 1 atom stereocenters. The van der Waals surface area contributed by atoms with Gasteiger partial charge in [0.15, 0.2) is 8.32 Å². The third-order valence-corrected chi connectivity index (χ3v) is 5.26. The molecule has 0 N–H and O–H groups in total. The monoisotopic (exact) mass is 316 g/mol. The van der Waals surface area contributed by atoms with Gasteiger partial charge in [0.25, 0.3) is 5.82 Å². The Morgan fingerprint density at radius 1 is 1.23 bits per heavy atom. The molecule has 1 aliphatic heterocycles. The summed E-state index contributed by atoms with van der Waals surface area (Å²) in [6.07, 6.45) is 4.25. The van der Waals surface area contributed by atoms with Crippen molar-refractivity contribution in [2.24, 2.45) is 0 Å². The minimum Gasteiger partial charge on any atom is -0.409 e. The summed E-state index contributed by atoms with van der Waals surface area (Å²) in [6, 6.07) is 10.6. The third kappa shape index (κ3) is 3.01. The van der Waals surface area contributed by atoms with Gasteiger partial charge in [-0.1, -0.05) is 22.9 Å². The predicted octanol–water partition coefficient (Wildman–Crippen LogP) is 3.28. The van der Waals surface area contributed by atoms with Crippen LogP contribution in [0.25, 0.3) is 5.69 Å². The Labute approximate surface area is 133 Å². The Hall–Kier alpha value is -1.46. The van der Waals surface area contributed by atoms with Gasteiger partial charge in [0.05, 0.1) is 5.60 Å². The first-order chi connectivity index (χ1) is 10.3. The van der Waals surface area contributed by atoms with E-state index >= 15 is 0 Å². The minimum atomic E-state index is -1.58. The lowest BCUT2D eigenvalue weighted by Gasteiger charge is -2.36. The Morgan fingerprint density at radius 3 is 2.55 bits per heavy atom. The van der Waals surface area contributed by atoms with E-state index < -0.39 is 8.32 Å². The SMILES string of the molecule is CC(C)(O[Si](C)(C)C)[C@@H]1CCc2nn(-c3ccccc3)c[n+]21. The Kier molecular flexibility index (Phi) is 3.73. The van der Waals surface area contributed by atoms with Crippen LogP contribution in [0.2, 0.25) is 19.6 Å². The summed E-state index contributed by atoms with van der Waals surface area (Å²) in [6.45, 7) is 11.2.